The molecule has 15 heavy (non-hydrogen) atoms. The fraction of sp³-hybridized carbons (Fsp3) is 0.333. The number of aliphatic imine (C=N–C) groups is 1. The van der Waals surface area contributed by atoms with E-state index in [4.69, 9.17) is 0 Å². The Kier molecular flexibility index (Phi) is 7.64. The van der Waals surface area contributed by atoms with Gasteiger partial charge in [-0.3, -0.25) is 0 Å². The highest BCUT2D eigenvalue weighted by Crippen LogP contribution is 1.99. The zero-order valence-corrected chi connectivity index (χ0v) is 10.3. The van der Waals surface area contributed by atoms with Crippen molar-refractivity contribution in [2.24, 2.45) is 4.99 Å². The van der Waals surface area contributed by atoms with Crippen molar-refractivity contribution in [2.45, 2.75) is 19.4 Å². The molecule has 0 N–H and O–H groups in total. The lowest BCUT2D eigenvalue weighted by Crippen LogP contribution is -2.02. The van der Waals surface area contributed by atoms with Crippen LogP contribution in [0.2, 0.25) is 0 Å². The molecule has 0 fully saturated rings. The molecule has 0 aliphatic heterocycles. The van der Waals surface area contributed by atoms with Crippen LogP contribution in [-0.2, 0) is 0 Å². The van der Waals surface area contributed by atoms with Crippen molar-refractivity contribution in [1.82, 2.24) is 0 Å². The smallest absolute Gasteiger partial charge is 0.247 e. The summed E-state index contributed by atoms with van der Waals surface area (Å²) in [6.07, 6.45) is 10.4. The van der Waals surface area contributed by atoms with E-state index < -0.39 is 0 Å². The zero-order chi connectivity index (χ0) is 11.7. The van der Waals surface area contributed by atoms with Gasteiger partial charge in [0.05, 0.1) is 13.8 Å². The molecule has 0 aromatic rings. The summed E-state index contributed by atoms with van der Waals surface area (Å²) in [5.41, 5.74) is 0. The second-order valence-electron chi connectivity index (χ2n) is 3.38. The number of hydrogen-bond donors (Lipinski definition) is 1. The molecule has 0 aliphatic rings. The van der Waals surface area contributed by atoms with Crippen molar-refractivity contribution < 1.29 is 4.58 Å². The molecular formula is C12H19N2S+. The Morgan fingerprint density at radius 2 is 2.20 bits per heavy atom. The average Bonchev–Trinajstić information content (AvgIpc) is 2.13. The summed E-state index contributed by atoms with van der Waals surface area (Å²) in [6, 6.07) is 0.276. The normalized spacial score (nSPS) is 14.1. The molecule has 3 heteroatoms. The highest BCUT2D eigenvalue weighted by atomic mass is 32.1. The monoisotopic (exact) mass is 223 g/mol. The molecule has 1 unspecified atom stereocenters. The van der Waals surface area contributed by atoms with E-state index in [1.165, 1.54) is 0 Å². The molecule has 0 spiro atoms. The van der Waals surface area contributed by atoms with Crippen LogP contribution < -0.4 is 0 Å². The molecule has 0 saturated heterocycles. The molecule has 0 saturated carbocycles. The Bertz CT molecular complexity index is 301. The molecule has 2 nitrogen and oxygen atoms in total. The first-order valence-electron chi connectivity index (χ1n) is 4.80. The number of nitrogens with zero attached hydrogens (tertiary/aromatic N) is 2. The van der Waals surface area contributed by atoms with Gasteiger partial charge in [-0.25, -0.2) is 4.58 Å². The fourth-order valence-electron chi connectivity index (χ4n) is 0.809. The summed E-state index contributed by atoms with van der Waals surface area (Å²) in [7, 11) is 1.85. The summed E-state index contributed by atoms with van der Waals surface area (Å²) in [5.74, 6) is 0. The summed E-state index contributed by atoms with van der Waals surface area (Å²) in [5, 5.41) is 0. The third-order valence-corrected chi connectivity index (χ3v) is 1.68. The number of thiol groups is 1. The van der Waals surface area contributed by atoms with E-state index in [9.17, 15) is 0 Å². The average molecular weight is 223 g/mol. The van der Waals surface area contributed by atoms with Crippen LogP contribution in [0.4, 0.5) is 0 Å². The first-order chi connectivity index (χ1) is 7.02. The van der Waals surface area contributed by atoms with Crippen LogP contribution in [0.3, 0.4) is 0 Å². The topological polar surface area (TPSA) is 15.4 Å². The largest absolute Gasteiger partial charge is 0.279 e. The van der Waals surface area contributed by atoms with Gasteiger partial charge in [-0.05, 0) is 17.9 Å². The fourth-order valence-corrected chi connectivity index (χ4v) is 0.895. The highest BCUT2D eigenvalue weighted by Gasteiger charge is 1.99. The predicted octanol–water partition coefficient (Wildman–Crippen LogP) is 2.69. The Morgan fingerprint density at radius 3 is 2.73 bits per heavy atom. The van der Waals surface area contributed by atoms with Gasteiger partial charge in [-0.2, -0.15) is 0 Å². The van der Waals surface area contributed by atoms with Crippen molar-refractivity contribution in [3.63, 3.8) is 0 Å². The van der Waals surface area contributed by atoms with Gasteiger partial charge in [0, 0.05) is 6.42 Å². The van der Waals surface area contributed by atoms with Crippen molar-refractivity contribution in [1.29, 1.82) is 0 Å². The lowest BCUT2D eigenvalue weighted by molar-refractivity contribution is -0.349. The van der Waals surface area contributed by atoms with Crippen LogP contribution in [0.25, 0.3) is 0 Å². The summed E-state index contributed by atoms with van der Waals surface area (Å²) >= 11 is 4.05. The van der Waals surface area contributed by atoms with Gasteiger partial charge in [-0.1, -0.05) is 29.8 Å². The maximum atomic E-state index is 4.29. The van der Waals surface area contributed by atoms with E-state index in [0.29, 0.717) is 0 Å². The van der Waals surface area contributed by atoms with Crippen molar-refractivity contribution in [3.05, 3.63) is 35.8 Å². The zero-order valence-electron chi connectivity index (χ0n) is 9.43. The molecular weight excluding hydrogens is 204 g/mol. The van der Waals surface area contributed by atoms with E-state index in [-0.39, 0.29) is 6.04 Å². The summed E-state index contributed by atoms with van der Waals surface area (Å²) in [4.78, 5) is 5.04. The maximum absolute atomic E-state index is 4.29. The van der Waals surface area contributed by atoms with Gasteiger partial charge >= 0.3 is 0 Å². The van der Waals surface area contributed by atoms with Crippen LogP contribution >= 0.6 is 12.6 Å². The third-order valence-electron chi connectivity index (χ3n) is 1.53. The first kappa shape index (κ1) is 13.9. The predicted molar refractivity (Wildman–Crippen MR) is 72.3 cm³/mol. The van der Waals surface area contributed by atoms with Crippen LogP contribution in [0.5, 0.6) is 0 Å². The molecule has 0 aliphatic carbocycles. The molecule has 0 bridgehead atoms. The Hall–Kier alpha value is -1.09. The number of hydrogen-bond acceptors (Lipinski definition) is 2. The van der Waals surface area contributed by atoms with E-state index in [2.05, 4.69) is 43.9 Å². The minimum Gasteiger partial charge on any atom is -0.247 e. The van der Waals surface area contributed by atoms with Crippen LogP contribution in [0, 0.1) is 0 Å². The van der Waals surface area contributed by atoms with Crippen LogP contribution in [0.1, 0.15) is 13.3 Å². The molecule has 0 amide bonds. The SMILES string of the molecule is C=C(S)/C=C\C=C/CC(C)N=C[N+](=C)C. The molecule has 82 valence electrons. The van der Waals surface area contributed by atoms with Gasteiger partial charge in [0.25, 0.3) is 6.34 Å². The van der Waals surface area contributed by atoms with Crippen molar-refractivity contribution in [3.8, 4) is 0 Å². The Morgan fingerprint density at radius 1 is 1.53 bits per heavy atom. The maximum Gasteiger partial charge on any atom is 0.279 e. The number of rotatable bonds is 6. The Balaban J connectivity index is 3.85. The van der Waals surface area contributed by atoms with E-state index in [0.717, 1.165) is 11.3 Å². The van der Waals surface area contributed by atoms with E-state index in [1.54, 1.807) is 10.9 Å². The first-order valence-corrected chi connectivity index (χ1v) is 5.24. The molecule has 0 radical (unpaired) electrons. The second-order valence-corrected chi connectivity index (χ2v) is 3.96. The summed E-state index contributed by atoms with van der Waals surface area (Å²) in [6.45, 7) is 9.38. The number of allylic oxidation sites excluding steroid dienone is 3. The van der Waals surface area contributed by atoms with E-state index >= 15 is 0 Å². The van der Waals surface area contributed by atoms with Crippen LogP contribution in [-0.4, -0.2) is 30.7 Å². The molecule has 0 rings (SSSR count). The van der Waals surface area contributed by atoms with Gasteiger partial charge in [0.1, 0.15) is 6.04 Å². The standard InChI is InChI=1S/C12H18N2S/c1-11(13-10-14(3)4)8-6-5-7-9-12(2)15/h5-7,9-11H,2-3,8H2,1,4H3/p+1/b6-5-,9-7-,13-10?. The van der Waals surface area contributed by atoms with Gasteiger partial charge in [0.2, 0.25) is 0 Å². The minimum atomic E-state index is 0.276. The quantitative estimate of drug-likeness (QED) is 0.234. The molecule has 1 atom stereocenters. The van der Waals surface area contributed by atoms with Crippen molar-refractivity contribution in [2.75, 3.05) is 7.05 Å². The summed E-state index contributed by atoms with van der Waals surface area (Å²) < 4.78 is 1.69. The van der Waals surface area contributed by atoms with E-state index in [1.807, 2.05) is 25.3 Å². The van der Waals surface area contributed by atoms with Gasteiger partial charge < -0.3 is 0 Å². The van der Waals surface area contributed by atoms with Crippen LogP contribution in [0.15, 0.2) is 40.8 Å². The third kappa shape index (κ3) is 10.8. The lowest BCUT2D eigenvalue weighted by Gasteiger charge is -1.92. The lowest BCUT2D eigenvalue weighted by atomic mass is 10.2. The second kappa shape index (κ2) is 8.24. The van der Waals surface area contributed by atoms with Gasteiger partial charge in [0.15, 0.2) is 0 Å². The Labute approximate surface area is 97.8 Å². The minimum absolute atomic E-state index is 0.276. The molecule has 0 aromatic carbocycles. The van der Waals surface area contributed by atoms with Gasteiger partial charge in [-0.15, -0.1) is 12.6 Å². The molecule has 0 aromatic heterocycles. The van der Waals surface area contributed by atoms with Crippen molar-refractivity contribution >= 4 is 25.7 Å². The molecule has 0 heterocycles. The highest BCUT2D eigenvalue weighted by molar-refractivity contribution is 7.84.